The van der Waals surface area contributed by atoms with Crippen molar-refractivity contribution in [1.29, 1.82) is 0 Å². The highest BCUT2D eigenvalue weighted by atomic mass is 32.1. The van der Waals surface area contributed by atoms with Crippen LogP contribution in [-0.2, 0) is 16.0 Å². The molecule has 0 radical (unpaired) electrons. The SMILES string of the molecule is CCOC(=O)c1nn(-c2cccc(F)c2)c(=O)c2c(NC(=O)Cc3cccc(C)c3)scc12. The standard InChI is InChI=1S/C24H20FN3O4S/c1-3-32-24(31)21-18-13-33-22(26-19(29)11-15-7-4-6-14(2)10-15)20(18)23(30)28(27-21)17-9-5-8-16(25)12-17/h4-10,12-13H,3,11H2,1-2H3,(H,26,29). The molecule has 0 aliphatic carbocycles. The number of carbonyl (C=O) groups excluding carboxylic acids is 2. The van der Waals surface area contributed by atoms with E-state index in [1.54, 1.807) is 12.3 Å². The predicted molar refractivity (Wildman–Crippen MR) is 125 cm³/mol. The third-order valence-corrected chi connectivity index (χ3v) is 5.77. The number of carbonyl (C=O) groups is 2. The second kappa shape index (κ2) is 9.33. The Hall–Kier alpha value is -3.85. The molecule has 33 heavy (non-hydrogen) atoms. The van der Waals surface area contributed by atoms with Crippen molar-refractivity contribution >= 4 is 39.0 Å². The van der Waals surface area contributed by atoms with Crippen molar-refractivity contribution in [3.05, 3.63) is 86.9 Å². The molecule has 0 aliphatic heterocycles. The lowest BCUT2D eigenvalue weighted by atomic mass is 10.1. The quantitative estimate of drug-likeness (QED) is 0.430. The van der Waals surface area contributed by atoms with Crippen LogP contribution in [-0.4, -0.2) is 28.3 Å². The molecule has 1 amide bonds. The van der Waals surface area contributed by atoms with E-state index in [2.05, 4.69) is 10.4 Å². The van der Waals surface area contributed by atoms with Gasteiger partial charge in [0.15, 0.2) is 5.69 Å². The summed E-state index contributed by atoms with van der Waals surface area (Å²) in [5, 5.41) is 9.17. The number of aromatic nitrogens is 2. The van der Waals surface area contributed by atoms with Gasteiger partial charge in [0.1, 0.15) is 10.8 Å². The minimum Gasteiger partial charge on any atom is -0.461 e. The van der Waals surface area contributed by atoms with Crippen molar-refractivity contribution in [3.8, 4) is 5.69 Å². The number of nitrogens with zero attached hydrogens (tertiary/aromatic N) is 2. The zero-order valence-corrected chi connectivity index (χ0v) is 18.7. The van der Waals surface area contributed by atoms with Crippen molar-refractivity contribution < 1.29 is 18.7 Å². The number of rotatable bonds is 6. The van der Waals surface area contributed by atoms with Crippen LogP contribution in [0.4, 0.5) is 9.39 Å². The molecule has 0 saturated carbocycles. The fourth-order valence-electron chi connectivity index (χ4n) is 3.45. The Bertz CT molecular complexity index is 1430. The van der Waals surface area contributed by atoms with Crippen molar-refractivity contribution in [2.24, 2.45) is 0 Å². The van der Waals surface area contributed by atoms with Crippen LogP contribution in [0.1, 0.15) is 28.5 Å². The van der Waals surface area contributed by atoms with Gasteiger partial charge in [-0.2, -0.15) is 9.78 Å². The Morgan fingerprint density at radius 1 is 1.18 bits per heavy atom. The van der Waals surface area contributed by atoms with Gasteiger partial charge in [0.2, 0.25) is 5.91 Å². The van der Waals surface area contributed by atoms with Crippen molar-refractivity contribution in [1.82, 2.24) is 9.78 Å². The molecule has 0 atom stereocenters. The number of aryl methyl sites for hydroxylation is 1. The molecular formula is C24H20FN3O4S. The number of ether oxygens (including phenoxy) is 1. The molecule has 0 spiro atoms. The van der Waals surface area contributed by atoms with Gasteiger partial charge in [-0.15, -0.1) is 11.3 Å². The van der Waals surface area contributed by atoms with Crippen LogP contribution >= 0.6 is 11.3 Å². The summed E-state index contributed by atoms with van der Waals surface area (Å²) in [5.41, 5.74) is 1.34. The van der Waals surface area contributed by atoms with Gasteiger partial charge in [-0.3, -0.25) is 9.59 Å². The summed E-state index contributed by atoms with van der Waals surface area (Å²) in [6, 6.07) is 12.9. The van der Waals surface area contributed by atoms with Gasteiger partial charge in [0, 0.05) is 10.8 Å². The summed E-state index contributed by atoms with van der Waals surface area (Å²) < 4.78 is 19.9. The van der Waals surface area contributed by atoms with Gasteiger partial charge in [0.05, 0.1) is 24.1 Å². The summed E-state index contributed by atoms with van der Waals surface area (Å²) in [5.74, 6) is -1.59. The summed E-state index contributed by atoms with van der Waals surface area (Å²) in [6.07, 6.45) is 0.120. The van der Waals surface area contributed by atoms with E-state index in [0.29, 0.717) is 0 Å². The molecule has 4 rings (SSSR count). The molecule has 0 unspecified atom stereocenters. The molecule has 2 aromatic heterocycles. The summed E-state index contributed by atoms with van der Waals surface area (Å²) >= 11 is 1.11. The molecule has 168 valence electrons. The molecule has 2 heterocycles. The minimum absolute atomic E-state index is 0.0915. The van der Waals surface area contributed by atoms with Crippen LogP contribution in [0.15, 0.2) is 58.7 Å². The largest absolute Gasteiger partial charge is 0.461 e. The van der Waals surface area contributed by atoms with Gasteiger partial charge in [-0.05, 0) is 37.6 Å². The van der Waals surface area contributed by atoms with E-state index in [1.807, 2.05) is 31.2 Å². The number of amides is 1. The summed E-state index contributed by atoms with van der Waals surface area (Å²) in [4.78, 5) is 38.6. The van der Waals surface area contributed by atoms with Gasteiger partial charge < -0.3 is 10.1 Å². The van der Waals surface area contributed by atoms with Crippen LogP contribution < -0.4 is 10.9 Å². The Morgan fingerprint density at radius 3 is 2.70 bits per heavy atom. The van der Waals surface area contributed by atoms with E-state index in [9.17, 15) is 18.8 Å². The van der Waals surface area contributed by atoms with Gasteiger partial charge in [0.25, 0.3) is 5.56 Å². The molecule has 9 heteroatoms. The smallest absolute Gasteiger partial charge is 0.359 e. The third kappa shape index (κ3) is 4.68. The number of thiophene rings is 1. The molecule has 0 bridgehead atoms. The number of benzene rings is 2. The van der Waals surface area contributed by atoms with Crippen LogP contribution in [0, 0.1) is 12.7 Å². The first-order valence-electron chi connectivity index (χ1n) is 10.2. The molecule has 0 fully saturated rings. The fraction of sp³-hybridized carbons (Fsp3) is 0.167. The zero-order valence-electron chi connectivity index (χ0n) is 17.9. The van der Waals surface area contributed by atoms with Crippen molar-refractivity contribution in [2.45, 2.75) is 20.3 Å². The second-order valence-electron chi connectivity index (χ2n) is 7.33. The first-order valence-corrected chi connectivity index (χ1v) is 11.1. The monoisotopic (exact) mass is 465 g/mol. The lowest BCUT2D eigenvalue weighted by Gasteiger charge is -2.10. The van der Waals surface area contributed by atoms with Gasteiger partial charge in [-0.25, -0.2) is 9.18 Å². The number of halogens is 1. The maximum Gasteiger partial charge on any atom is 0.359 e. The fourth-order valence-corrected chi connectivity index (χ4v) is 4.41. The maximum absolute atomic E-state index is 13.8. The van der Waals surface area contributed by atoms with E-state index >= 15 is 0 Å². The third-order valence-electron chi connectivity index (χ3n) is 4.87. The van der Waals surface area contributed by atoms with Crippen LogP contribution in [0.2, 0.25) is 0 Å². The van der Waals surface area contributed by atoms with Gasteiger partial charge >= 0.3 is 5.97 Å². The molecule has 4 aromatic rings. The van der Waals surface area contributed by atoms with Crippen molar-refractivity contribution in [2.75, 3.05) is 11.9 Å². The molecule has 0 aliphatic rings. The number of hydrogen-bond acceptors (Lipinski definition) is 6. The molecule has 2 aromatic carbocycles. The lowest BCUT2D eigenvalue weighted by Crippen LogP contribution is -2.26. The van der Waals surface area contributed by atoms with Crippen LogP contribution in [0.25, 0.3) is 16.5 Å². The second-order valence-corrected chi connectivity index (χ2v) is 8.21. The summed E-state index contributed by atoms with van der Waals surface area (Å²) in [7, 11) is 0. The summed E-state index contributed by atoms with van der Waals surface area (Å²) in [6.45, 7) is 3.71. The lowest BCUT2D eigenvalue weighted by molar-refractivity contribution is -0.115. The highest BCUT2D eigenvalue weighted by Crippen LogP contribution is 2.31. The Labute approximate surface area is 192 Å². The number of fused-ring (bicyclic) bond motifs is 1. The highest BCUT2D eigenvalue weighted by Gasteiger charge is 2.23. The minimum atomic E-state index is -0.719. The van der Waals surface area contributed by atoms with Crippen molar-refractivity contribution in [3.63, 3.8) is 0 Å². The van der Waals surface area contributed by atoms with E-state index in [0.717, 1.165) is 33.2 Å². The number of esters is 1. The average molecular weight is 466 g/mol. The van der Waals surface area contributed by atoms with Crippen LogP contribution in [0.3, 0.4) is 0 Å². The van der Waals surface area contributed by atoms with E-state index in [-0.39, 0.29) is 46.1 Å². The van der Waals surface area contributed by atoms with E-state index < -0.39 is 17.3 Å². The number of hydrogen-bond donors (Lipinski definition) is 1. The first-order chi connectivity index (χ1) is 15.9. The molecule has 1 N–H and O–H groups in total. The number of nitrogens with one attached hydrogen (secondary N) is 1. The number of anilines is 1. The van der Waals surface area contributed by atoms with Crippen LogP contribution in [0.5, 0.6) is 0 Å². The maximum atomic E-state index is 13.8. The zero-order chi connectivity index (χ0) is 23.5. The highest BCUT2D eigenvalue weighted by molar-refractivity contribution is 7.16. The Kier molecular flexibility index (Phi) is 6.32. The van der Waals surface area contributed by atoms with Gasteiger partial charge in [-0.1, -0.05) is 35.9 Å². The topological polar surface area (TPSA) is 90.3 Å². The van der Waals surface area contributed by atoms with E-state index in [1.165, 1.54) is 18.2 Å². The predicted octanol–water partition coefficient (Wildman–Crippen LogP) is 4.25. The van der Waals surface area contributed by atoms with E-state index in [4.69, 9.17) is 4.74 Å². The molecular weight excluding hydrogens is 445 g/mol. The Balaban J connectivity index is 1.80. The Morgan fingerprint density at radius 2 is 1.97 bits per heavy atom. The normalized spacial score (nSPS) is 10.9. The average Bonchev–Trinajstić information content (AvgIpc) is 3.18. The molecule has 7 nitrogen and oxygen atoms in total. The first kappa shape index (κ1) is 22.3. The molecule has 0 saturated heterocycles.